The van der Waals surface area contributed by atoms with Gasteiger partial charge < -0.3 is 5.32 Å². The Kier molecular flexibility index (Phi) is 4.32. The van der Waals surface area contributed by atoms with Crippen LogP contribution in [0, 0.1) is 12.7 Å². The molecule has 0 saturated carbocycles. The summed E-state index contributed by atoms with van der Waals surface area (Å²) in [7, 11) is 1.90. The van der Waals surface area contributed by atoms with Gasteiger partial charge in [0.2, 0.25) is 0 Å². The number of benzene rings is 1. The van der Waals surface area contributed by atoms with Gasteiger partial charge in [-0.3, -0.25) is 4.68 Å². The van der Waals surface area contributed by atoms with Gasteiger partial charge in [0.25, 0.3) is 0 Å². The molecular weight excluding hydrogens is 241 g/mol. The minimum Gasteiger partial charge on any atom is -0.305 e. The highest BCUT2D eigenvalue weighted by atomic mass is 19.1. The summed E-state index contributed by atoms with van der Waals surface area (Å²) in [6, 6.07) is 7.24. The van der Waals surface area contributed by atoms with Gasteiger partial charge in [-0.1, -0.05) is 19.1 Å². The SMILES string of the molecule is CCCNC(c1ccc(F)c(C)c1)c1ccn(C)n1. The molecule has 102 valence electrons. The zero-order chi connectivity index (χ0) is 13.8. The first kappa shape index (κ1) is 13.7. The summed E-state index contributed by atoms with van der Waals surface area (Å²) in [6.45, 7) is 4.81. The van der Waals surface area contributed by atoms with Gasteiger partial charge in [-0.15, -0.1) is 0 Å². The molecule has 0 spiro atoms. The summed E-state index contributed by atoms with van der Waals surface area (Å²) >= 11 is 0. The monoisotopic (exact) mass is 261 g/mol. The summed E-state index contributed by atoms with van der Waals surface area (Å²) in [4.78, 5) is 0. The Labute approximate surface area is 113 Å². The first-order valence-electron chi connectivity index (χ1n) is 6.60. The molecule has 0 aliphatic rings. The molecule has 1 unspecified atom stereocenters. The first-order chi connectivity index (χ1) is 9.11. The number of hydrogen-bond donors (Lipinski definition) is 1. The number of aromatic nitrogens is 2. The van der Waals surface area contributed by atoms with Gasteiger partial charge in [-0.25, -0.2) is 4.39 Å². The fourth-order valence-corrected chi connectivity index (χ4v) is 2.12. The second kappa shape index (κ2) is 5.97. The predicted octanol–water partition coefficient (Wildman–Crippen LogP) is 2.96. The molecule has 3 nitrogen and oxygen atoms in total. The van der Waals surface area contributed by atoms with Crippen LogP contribution in [0.25, 0.3) is 0 Å². The lowest BCUT2D eigenvalue weighted by molar-refractivity contribution is 0.571. The topological polar surface area (TPSA) is 29.9 Å². The Morgan fingerprint density at radius 3 is 2.74 bits per heavy atom. The van der Waals surface area contributed by atoms with E-state index < -0.39 is 0 Å². The van der Waals surface area contributed by atoms with Crippen LogP contribution in [0.4, 0.5) is 4.39 Å². The van der Waals surface area contributed by atoms with Crippen LogP contribution in [0.5, 0.6) is 0 Å². The van der Waals surface area contributed by atoms with Crippen molar-refractivity contribution in [2.24, 2.45) is 7.05 Å². The molecule has 0 bridgehead atoms. The van der Waals surface area contributed by atoms with E-state index in [2.05, 4.69) is 17.3 Å². The molecule has 1 aromatic heterocycles. The average Bonchev–Trinajstić information content (AvgIpc) is 2.80. The first-order valence-corrected chi connectivity index (χ1v) is 6.60. The van der Waals surface area contributed by atoms with E-state index in [0.717, 1.165) is 24.2 Å². The lowest BCUT2D eigenvalue weighted by atomic mass is 10.0. The average molecular weight is 261 g/mol. The highest BCUT2D eigenvalue weighted by Crippen LogP contribution is 2.22. The van der Waals surface area contributed by atoms with E-state index in [0.29, 0.717) is 5.56 Å². The highest BCUT2D eigenvalue weighted by Gasteiger charge is 2.16. The lowest BCUT2D eigenvalue weighted by Crippen LogP contribution is -2.24. The van der Waals surface area contributed by atoms with E-state index >= 15 is 0 Å². The van der Waals surface area contributed by atoms with Gasteiger partial charge in [0.1, 0.15) is 5.82 Å². The van der Waals surface area contributed by atoms with E-state index in [9.17, 15) is 4.39 Å². The third-order valence-electron chi connectivity index (χ3n) is 3.14. The molecule has 1 atom stereocenters. The van der Waals surface area contributed by atoms with Crippen LogP contribution < -0.4 is 5.32 Å². The Bertz CT molecular complexity index is 548. The van der Waals surface area contributed by atoms with Crippen molar-refractivity contribution in [3.63, 3.8) is 0 Å². The Morgan fingerprint density at radius 2 is 2.16 bits per heavy atom. The molecule has 2 aromatic rings. The summed E-state index contributed by atoms with van der Waals surface area (Å²) in [5.74, 6) is -0.168. The molecule has 0 amide bonds. The molecule has 0 aliphatic carbocycles. The van der Waals surface area contributed by atoms with E-state index in [-0.39, 0.29) is 11.9 Å². The van der Waals surface area contributed by atoms with Crippen molar-refractivity contribution in [3.05, 3.63) is 53.1 Å². The van der Waals surface area contributed by atoms with Gasteiger partial charge >= 0.3 is 0 Å². The van der Waals surface area contributed by atoms with Gasteiger partial charge in [-0.05, 0) is 43.1 Å². The molecule has 1 aromatic carbocycles. The molecule has 1 heterocycles. The number of aryl methyl sites for hydroxylation is 2. The Morgan fingerprint density at radius 1 is 1.37 bits per heavy atom. The highest BCUT2D eigenvalue weighted by molar-refractivity contribution is 5.31. The van der Waals surface area contributed by atoms with Crippen molar-refractivity contribution in [2.75, 3.05) is 6.54 Å². The van der Waals surface area contributed by atoms with Crippen LogP contribution in [-0.2, 0) is 7.05 Å². The summed E-state index contributed by atoms with van der Waals surface area (Å²) < 4.78 is 15.2. The quantitative estimate of drug-likeness (QED) is 0.896. The summed E-state index contributed by atoms with van der Waals surface area (Å²) in [5, 5.41) is 7.92. The predicted molar refractivity (Wildman–Crippen MR) is 74.5 cm³/mol. The smallest absolute Gasteiger partial charge is 0.126 e. The maximum absolute atomic E-state index is 13.4. The standard InChI is InChI=1S/C15H20FN3/c1-4-8-17-15(14-7-9-19(3)18-14)12-5-6-13(16)11(2)10-12/h5-7,9-10,15,17H,4,8H2,1-3H3. The van der Waals surface area contributed by atoms with E-state index in [1.165, 1.54) is 6.07 Å². The summed E-state index contributed by atoms with van der Waals surface area (Å²) in [5.41, 5.74) is 2.67. The van der Waals surface area contributed by atoms with E-state index in [1.54, 1.807) is 11.6 Å². The minimum atomic E-state index is -0.168. The number of rotatable bonds is 5. The van der Waals surface area contributed by atoms with Crippen molar-refractivity contribution in [2.45, 2.75) is 26.3 Å². The molecule has 1 N–H and O–H groups in total. The Balaban J connectivity index is 2.33. The normalized spacial score (nSPS) is 12.6. The van der Waals surface area contributed by atoms with E-state index in [1.807, 2.05) is 31.4 Å². The van der Waals surface area contributed by atoms with Crippen LogP contribution in [0.15, 0.2) is 30.5 Å². The number of hydrogen-bond acceptors (Lipinski definition) is 2. The van der Waals surface area contributed by atoms with Crippen molar-refractivity contribution >= 4 is 0 Å². The zero-order valence-corrected chi connectivity index (χ0v) is 11.7. The molecule has 2 rings (SSSR count). The van der Waals surface area contributed by atoms with Crippen LogP contribution in [-0.4, -0.2) is 16.3 Å². The third-order valence-corrected chi connectivity index (χ3v) is 3.14. The fraction of sp³-hybridized carbons (Fsp3) is 0.400. The lowest BCUT2D eigenvalue weighted by Gasteiger charge is -2.17. The van der Waals surface area contributed by atoms with E-state index in [4.69, 9.17) is 0 Å². The maximum Gasteiger partial charge on any atom is 0.126 e. The van der Waals surface area contributed by atoms with Crippen LogP contribution in [0.2, 0.25) is 0 Å². The van der Waals surface area contributed by atoms with Gasteiger partial charge in [0, 0.05) is 13.2 Å². The minimum absolute atomic E-state index is 0.0143. The van der Waals surface area contributed by atoms with Crippen LogP contribution in [0.3, 0.4) is 0 Å². The molecule has 0 aliphatic heterocycles. The second-order valence-electron chi connectivity index (χ2n) is 4.81. The number of nitrogens with one attached hydrogen (secondary N) is 1. The van der Waals surface area contributed by atoms with Gasteiger partial charge in [0.15, 0.2) is 0 Å². The molecule has 0 radical (unpaired) electrons. The number of nitrogens with zero attached hydrogens (tertiary/aromatic N) is 2. The maximum atomic E-state index is 13.4. The van der Waals surface area contributed by atoms with Crippen LogP contribution >= 0.6 is 0 Å². The molecule has 4 heteroatoms. The third kappa shape index (κ3) is 3.20. The second-order valence-corrected chi connectivity index (χ2v) is 4.81. The molecular formula is C15H20FN3. The van der Waals surface area contributed by atoms with Crippen molar-refractivity contribution in [3.8, 4) is 0 Å². The summed E-state index contributed by atoms with van der Waals surface area (Å²) in [6.07, 6.45) is 2.97. The van der Waals surface area contributed by atoms with Gasteiger partial charge in [-0.2, -0.15) is 5.10 Å². The Hall–Kier alpha value is -1.68. The van der Waals surface area contributed by atoms with Crippen molar-refractivity contribution in [1.29, 1.82) is 0 Å². The molecule has 0 saturated heterocycles. The van der Waals surface area contributed by atoms with Gasteiger partial charge in [0.05, 0.1) is 11.7 Å². The zero-order valence-electron chi connectivity index (χ0n) is 11.7. The van der Waals surface area contributed by atoms with Crippen molar-refractivity contribution < 1.29 is 4.39 Å². The molecule has 19 heavy (non-hydrogen) atoms. The fourth-order valence-electron chi connectivity index (χ4n) is 2.12. The van der Waals surface area contributed by atoms with Crippen molar-refractivity contribution in [1.82, 2.24) is 15.1 Å². The largest absolute Gasteiger partial charge is 0.305 e. The molecule has 0 fully saturated rings. The number of halogens is 1. The van der Waals surface area contributed by atoms with Crippen LogP contribution in [0.1, 0.15) is 36.2 Å².